The van der Waals surface area contributed by atoms with Gasteiger partial charge in [0.15, 0.2) is 0 Å². The molecule has 1 rings (SSSR count). The van der Waals surface area contributed by atoms with Gasteiger partial charge in [-0.1, -0.05) is 6.92 Å². The third-order valence-corrected chi connectivity index (χ3v) is 1.40. The van der Waals surface area contributed by atoms with Gasteiger partial charge < -0.3 is 4.90 Å². The average molecular weight is 126 g/mol. The molecule has 1 heterocycles. The van der Waals surface area contributed by atoms with Gasteiger partial charge >= 0.3 is 0 Å². The topological polar surface area (TPSA) is 32.7 Å². The highest BCUT2D eigenvalue weighted by Crippen LogP contribution is 2.01. The first kappa shape index (κ1) is 6.26. The Balaban J connectivity index is 2.67. The van der Waals surface area contributed by atoms with E-state index in [2.05, 4.69) is 4.99 Å². The third kappa shape index (κ3) is 0.943. The molecule has 0 spiro atoms. The van der Waals surface area contributed by atoms with Crippen molar-refractivity contribution in [3.8, 4) is 0 Å². The van der Waals surface area contributed by atoms with E-state index < -0.39 is 0 Å². The quantitative estimate of drug-likeness (QED) is 0.496. The smallest absolute Gasteiger partial charge is 0.269 e. The maximum absolute atomic E-state index is 10.9. The van der Waals surface area contributed by atoms with Gasteiger partial charge in [0.1, 0.15) is 12.4 Å². The van der Waals surface area contributed by atoms with Crippen LogP contribution < -0.4 is 0 Å². The molecule has 50 valence electrons. The predicted octanol–water partition coefficient (Wildman–Crippen LogP) is 0.267. The molecule has 0 atom stereocenters. The Morgan fingerprint density at radius 1 is 1.78 bits per heavy atom. The second-order valence-corrected chi connectivity index (χ2v) is 2.10. The monoisotopic (exact) mass is 126 g/mol. The van der Waals surface area contributed by atoms with Crippen LogP contribution in [0.5, 0.6) is 0 Å². The molecule has 0 unspecified atom stereocenters. The summed E-state index contributed by atoms with van der Waals surface area (Å²) in [5, 5.41) is 0. The molecule has 1 aliphatic heterocycles. The second-order valence-electron chi connectivity index (χ2n) is 2.10. The molecule has 1 aliphatic rings. The van der Waals surface area contributed by atoms with Crippen molar-refractivity contribution in [1.82, 2.24) is 4.90 Å². The molecule has 0 aromatic carbocycles. The molecule has 0 aromatic heterocycles. The van der Waals surface area contributed by atoms with Crippen LogP contribution in [0.3, 0.4) is 0 Å². The molecule has 0 bridgehead atoms. The maximum Gasteiger partial charge on any atom is 0.269 e. The van der Waals surface area contributed by atoms with Gasteiger partial charge in [0.2, 0.25) is 0 Å². The number of amides is 1. The number of hydrogen-bond donors (Lipinski definition) is 0. The van der Waals surface area contributed by atoms with Crippen LogP contribution in [0.4, 0.5) is 0 Å². The van der Waals surface area contributed by atoms with Crippen molar-refractivity contribution in [3.63, 3.8) is 0 Å². The van der Waals surface area contributed by atoms with Crippen LogP contribution in [0.25, 0.3) is 0 Å². The van der Waals surface area contributed by atoms with E-state index in [0.29, 0.717) is 12.4 Å². The molecule has 3 nitrogen and oxygen atoms in total. The van der Waals surface area contributed by atoms with E-state index in [4.69, 9.17) is 0 Å². The summed E-state index contributed by atoms with van der Waals surface area (Å²) in [6, 6.07) is 0. The molecule has 0 aromatic rings. The van der Waals surface area contributed by atoms with Crippen LogP contribution in [-0.4, -0.2) is 30.2 Å². The van der Waals surface area contributed by atoms with Gasteiger partial charge in [-0.05, 0) is 6.42 Å². The molecule has 9 heavy (non-hydrogen) atoms. The number of rotatable bonds is 1. The Kier molecular flexibility index (Phi) is 1.51. The Morgan fingerprint density at radius 3 is 2.67 bits per heavy atom. The second kappa shape index (κ2) is 2.17. The van der Waals surface area contributed by atoms with Gasteiger partial charge in [-0.25, -0.2) is 0 Å². The predicted molar refractivity (Wildman–Crippen MR) is 35.4 cm³/mol. The fraction of sp³-hybridized carbons (Fsp3) is 0.667. The van der Waals surface area contributed by atoms with E-state index in [9.17, 15) is 4.79 Å². The van der Waals surface area contributed by atoms with Crippen LogP contribution >= 0.6 is 0 Å². The Labute approximate surface area is 54.4 Å². The molecule has 0 saturated heterocycles. The van der Waals surface area contributed by atoms with Crippen LogP contribution in [0.2, 0.25) is 0 Å². The molecule has 0 N–H and O–H groups in total. The molecule has 0 radical (unpaired) electrons. The maximum atomic E-state index is 10.9. The lowest BCUT2D eigenvalue weighted by Gasteiger charge is -2.03. The van der Waals surface area contributed by atoms with E-state index in [-0.39, 0.29) is 5.91 Å². The number of hydrogen-bond acceptors (Lipinski definition) is 2. The third-order valence-electron chi connectivity index (χ3n) is 1.40. The van der Waals surface area contributed by atoms with Crippen molar-refractivity contribution >= 4 is 11.6 Å². The summed E-state index contributed by atoms with van der Waals surface area (Å²) in [7, 11) is 1.76. The van der Waals surface area contributed by atoms with Crippen LogP contribution in [0.15, 0.2) is 4.99 Å². The van der Waals surface area contributed by atoms with Crippen LogP contribution in [-0.2, 0) is 4.79 Å². The summed E-state index contributed by atoms with van der Waals surface area (Å²) in [4.78, 5) is 16.6. The Hall–Kier alpha value is -0.860. The van der Waals surface area contributed by atoms with Gasteiger partial charge in [-0.15, -0.1) is 0 Å². The first-order chi connectivity index (χ1) is 4.25. The lowest BCUT2D eigenvalue weighted by atomic mass is 10.3. The van der Waals surface area contributed by atoms with Crippen molar-refractivity contribution in [1.29, 1.82) is 0 Å². The summed E-state index contributed by atoms with van der Waals surface area (Å²) in [6.07, 6.45) is 0.753. The van der Waals surface area contributed by atoms with Crippen molar-refractivity contribution < 1.29 is 4.79 Å². The van der Waals surface area contributed by atoms with Crippen molar-refractivity contribution in [2.24, 2.45) is 4.99 Å². The van der Waals surface area contributed by atoms with Gasteiger partial charge in [-0.2, -0.15) is 0 Å². The SMILES string of the molecule is CCC1=NCN(C)C1=O. The minimum absolute atomic E-state index is 0.0810. The zero-order valence-electron chi connectivity index (χ0n) is 5.72. The molecular weight excluding hydrogens is 116 g/mol. The molecular formula is C6H10N2O. The number of carbonyl (C=O) groups is 1. The zero-order valence-corrected chi connectivity index (χ0v) is 5.72. The fourth-order valence-electron chi connectivity index (χ4n) is 0.807. The van der Waals surface area contributed by atoms with Gasteiger partial charge in [0.05, 0.1) is 0 Å². The van der Waals surface area contributed by atoms with Gasteiger partial charge in [-0.3, -0.25) is 9.79 Å². The minimum atomic E-state index is 0.0810. The normalized spacial score (nSPS) is 18.7. The van der Waals surface area contributed by atoms with Crippen molar-refractivity contribution in [3.05, 3.63) is 0 Å². The highest BCUT2D eigenvalue weighted by Gasteiger charge is 2.19. The van der Waals surface area contributed by atoms with Crippen molar-refractivity contribution in [2.45, 2.75) is 13.3 Å². The van der Waals surface area contributed by atoms with E-state index >= 15 is 0 Å². The largest absolute Gasteiger partial charge is 0.321 e. The zero-order chi connectivity index (χ0) is 6.85. The van der Waals surface area contributed by atoms with Crippen LogP contribution in [0, 0.1) is 0 Å². The van der Waals surface area contributed by atoms with Crippen LogP contribution in [0.1, 0.15) is 13.3 Å². The summed E-state index contributed by atoms with van der Waals surface area (Å²) in [5.74, 6) is 0.0810. The number of nitrogens with zero attached hydrogens (tertiary/aromatic N) is 2. The lowest BCUT2D eigenvalue weighted by molar-refractivity contribution is -0.121. The van der Waals surface area contributed by atoms with E-state index in [1.165, 1.54) is 0 Å². The molecule has 0 fully saturated rings. The fourth-order valence-corrected chi connectivity index (χ4v) is 0.807. The highest BCUT2D eigenvalue weighted by molar-refractivity contribution is 6.39. The van der Waals surface area contributed by atoms with Crippen molar-refractivity contribution in [2.75, 3.05) is 13.7 Å². The summed E-state index contributed by atoms with van der Waals surface area (Å²) < 4.78 is 0. The lowest BCUT2D eigenvalue weighted by Crippen LogP contribution is -2.25. The molecule has 3 heteroatoms. The summed E-state index contributed by atoms with van der Waals surface area (Å²) >= 11 is 0. The van der Waals surface area contributed by atoms with Gasteiger partial charge in [0, 0.05) is 7.05 Å². The van der Waals surface area contributed by atoms with Gasteiger partial charge in [0.25, 0.3) is 5.91 Å². The van der Waals surface area contributed by atoms with E-state index in [1.54, 1.807) is 11.9 Å². The van der Waals surface area contributed by atoms with E-state index in [0.717, 1.165) is 6.42 Å². The Bertz CT molecular complexity index is 162. The molecule has 0 aliphatic carbocycles. The number of aliphatic imine (C=N–C) groups is 1. The highest BCUT2D eigenvalue weighted by atomic mass is 16.2. The first-order valence-electron chi connectivity index (χ1n) is 3.04. The Morgan fingerprint density at radius 2 is 2.44 bits per heavy atom. The average Bonchev–Trinajstić information content (AvgIpc) is 2.15. The summed E-state index contributed by atoms with van der Waals surface area (Å²) in [5.41, 5.74) is 0.706. The summed E-state index contributed by atoms with van der Waals surface area (Å²) in [6.45, 7) is 2.48. The first-order valence-corrected chi connectivity index (χ1v) is 3.04. The number of carbonyl (C=O) groups excluding carboxylic acids is 1. The molecule has 0 saturated carbocycles. The minimum Gasteiger partial charge on any atom is -0.321 e. The molecule has 1 amide bonds. The standard InChI is InChI=1S/C6H10N2O/c1-3-5-6(9)8(2)4-7-5/h3-4H2,1-2H3. The van der Waals surface area contributed by atoms with E-state index in [1.807, 2.05) is 6.92 Å².